The lowest BCUT2D eigenvalue weighted by Gasteiger charge is -2.23. The maximum atomic E-state index is 11.8. The summed E-state index contributed by atoms with van der Waals surface area (Å²) >= 11 is 0. The number of nitrogens with zero attached hydrogens (tertiary/aromatic N) is 2. The number of unbranched alkanes of at least 4 members (excludes halogenated alkanes) is 1. The Morgan fingerprint density at radius 2 is 0.857 bits per heavy atom. The fourth-order valence-corrected chi connectivity index (χ4v) is 9.35. The lowest BCUT2D eigenvalue weighted by Crippen LogP contribution is -2.10. The molecule has 0 saturated heterocycles. The molecule has 0 aliphatic heterocycles. The van der Waals surface area contributed by atoms with Gasteiger partial charge in [-0.05, 0) is 111 Å². The topological polar surface area (TPSA) is 83.6 Å². The van der Waals surface area contributed by atoms with Gasteiger partial charge in [0.1, 0.15) is 36.2 Å². The molecule has 0 saturated carbocycles. The van der Waals surface area contributed by atoms with Crippen molar-refractivity contribution < 1.29 is 19.7 Å². The summed E-state index contributed by atoms with van der Waals surface area (Å²) in [6.45, 7) is 30.5. The molecule has 2 N–H and O–H groups in total. The van der Waals surface area contributed by atoms with Crippen molar-refractivity contribution in [1.29, 1.82) is 0 Å². The normalized spacial score (nSPS) is 12.6. The molecule has 0 spiro atoms. The van der Waals surface area contributed by atoms with Crippen molar-refractivity contribution in [1.82, 2.24) is 0 Å². The molecule has 6 heteroatoms. The summed E-state index contributed by atoms with van der Waals surface area (Å²) in [5.74, 6) is 4.03. The van der Waals surface area contributed by atoms with Gasteiger partial charge in [-0.15, -0.1) is 0 Å². The zero-order chi connectivity index (χ0) is 50.6. The lowest BCUT2D eigenvalue weighted by atomic mass is 9.85. The van der Waals surface area contributed by atoms with E-state index < -0.39 is 0 Å². The molecule has 6 aromatic rings. The second-order valence-corrected chi connectivity index (χ2v) is 20.9. The van der Waals surface area contributed by atoms with Gasteiger partial charge in [0, 0.05) is 45.8 Å². The van der Waals surface area contributed by atoms with Gasteiger partial charge in [-0.3, -0.25) is 9.98 Å². The van der Waals surface area contributed by atoms with Gasteiger partial charge >= 0.3 is 0 Å². The largest absolute Gasteiger partial charge is 0.507 e. The molecule has 0 aliphatic carbocycles. The van der Waals surface area contributed by atoms with Crippen molar-refractivity contribution in [3.05, 3.63) is 165 Å². The molecule has 370 valence electrons. The van der Waals surface area contributed by atoms with Crippen molar-refractivity contribution in [2.24, 2.45) is 9.98 Å². The Hall–Kier alpha value is -6.14. The summed E-state index contributed by atoms with van der Waals surface area (Å²) in [7, 11) is 0. The molecule has 6 nitrogen and oxygen atoms in total. The van der Waals surface area contributed by atoms with Gasteiger partial charge in [0.2, 0.25) is 0 Å². The molecule has 0 unspecified atom stereocenters. The van der Waals surface area contributed by atoms with Gasteiger partial charge < -0.3 is 19.7 Å². The maximum Gasteiger partial charge on any atom is 0.132 e. The van der Waals surface area contributed by atoms with Crippen LogP contribution >= 0.6 is 0 Å². The van der Waals surface area contributed by atoms with E-state index in [-0.39, 0.29) is 17.5 Å². The van der Waals surface area contributed by atoms with Crippen molar-refractivity contribution in [3.63, 3.8) is 0 Å². The predicted molar refractivity (Wildman–Crippen MR) is 297 cm³/mol. The summed E-state index contributed by atoms with van der Waals surface area (Å²) in [5.41, 5.74) is 14.8. The minimum atomic E-state index is -0.122. The molecule has 0 bridgehead atoms. The highest BCUT2D eigenvalue weighted by atomic mass is 16.5. The number of benzene rings is 6. The number of rotatable bonds is 22. The fraction of sp³-hybridized carbons (Fsp3) is 0.406. The van der Waals surface area contributed by atoms with Crippen LogP contribution in [0.2, 0.25) is 0 Å². The molecule has 6 rings (SSSR count). The summed E-state index contributed by atoms with van der Waals surface area (Å²) in [6.07, 6.45) is 6.38. The number of hydrogen-bond acceptors (Lipinski definition) is 6. The van der Waals surface area contributed by atoms with Crippen LogP contribution in [0.5, 0.6) is 23.0 Å². The number of aliphatic imine (C=N–C) groups is 2. The van der Waals surface area contributed by atoms with Crippen molar-refractivity contribution in [2.45, 2.75) is 164 Å². The Labute approximate surface area is 421 Å². The van der Waals surface area contributed by atoms with Crippen LogP contribution in [0, 0.1) is 0 Å². The van der Waals surface area contributed by atoms with Crippen LogP contribution < -0.4 is 9.47 Å². The molecule has 70 heavy (non-hydrogen) atoms. The van der Waals surface area contributed by atoms with Crippen molar-refractivity contribution in [2.75, 3.05) is 6.54 Å². The smallest absolute Gasteiger partial charge is 0.132 e. The highest BCUT2D eigenvalue weighted by Gasteiger charge is 2.22. The number of phenolic OH excluding ortho intramolecular Hbond substituents is 2. The Morgan fingerprint density at radius 3 is 1.24 bits per heavy atom. The number of phenols is 2. The number of para-hydroxylation sites is 4. The summed E-state index contributed by atoms with van der Waals surface area (Å²) in [4.78, 5) is 9.87. The van der Waals surface area contributed by atoms with Crippen LogP contribution in [0.4, 0.5) is 0 Å². The van der Waals surface area contributed by atoms with E-state index >= 15 is 0 Å². The van der Waals surface area contributed by atoms with Gasteiger partial charge in [0.05, 0.1) is 12.6 Å². The third-order valence-corrected chi connectivity index (χ3v) is 13.6. The third kappa shape index (κ3) is 13.0. The Morgan fingerprint density at radius 1 is 0.471 bits per heavy atom. The van der Waals surface area contributed by atoms with Crippen LogP contribution in [0.25, 0.3) is 22.3 Å². The molecule has 0 amide bonds. The molecule has 0 aromatic heterocycles. The van der Waals surface area contributed by atoms with Gasteiger partial charge in [-0.2, -0.15) is 0 Å². The second-order valence-electron chi connectivity index (χ2n) is 20.9. The van der Waals surface area contributed by atoms with Crippen LogP contribution in [-0.4, -0.2) is 35.2 Å². The predicted octanol–water partition coefficient (Wildman–Crippen LogP) is 17.4. The minimum absolute atomic E-state index is 0.122. The van der Waals surface area contributed by atoms with E-state index in [2.05, 4.69) is 114 Å². The Kier molecular flexibility index (Phi) is 18.7. The van der Waals surface area contributed by atoms with Crippen LogP contribution in [-0.2, 0) is 13.2 Å². The summed E-state index contributed by atoms with van der Waals surface area (Å²) < 4.78 is 13.4. The first-order valence-electron chi connectivity index (χ1n) is 25.9. The minimum Gasteiger partial charge on any atom is -0.507 e. The molecule has 0 fully saturated rings. The van der Waals surface area contributed by atoms with E-state index in [1.54, 1.807) is 12.4 Å². The van der Waals surface area contributed by atoms with Crippen LogP contribution in [0.3, 0.4) is 0 Å². The van der Waals surface area contributed by atoms with Crippen LogP contribution in [0.15, 0.2) is 119 Å². The molecule has 0 aliphatic rings. The first kappa shape index (κ1) is 53.2. The van der Waals surface area contributed by atoms with E-state index in [1.165, 1.54) is 44.5 Å². The van der Waals surface area contributed by atoms with E-state index in [4.69, 9.17) is 19.5 Å². The summed E-state index contributed by atoms with van der Waals surface area (Å²) in [6, 6.07) is 36.8. The molecule has 0 heterocycles. The van der Waals surface area contributed by atoms with Gasteiger partial charge in [0.25, 0.3) is 0 Å². The fourth-order valence-electron chi connectivity index (χ4n) is 9.35. The number of hydrogen-bond donors (Lipinski definition) is 2. The zero-order valence-electron chi connectivity index (χ0n) is 44.4. The highest BCUT2D eigenvalue weighted by Crippen LogP contribution is 2.41. The standard InChI is InChI=1S/C64H80N2O4/c1-14-15-24-50(66-36-47-23-21-28-54(64(47)68)52-26-17-19-30-62(52)70-39-60-57(44(10)11)33-49(41(4)5)34-58(60)45(12)13)37-65-35-46-22-20-27-53(63(46)67)51-25-16-18-29-61(51)69-38-59-55(42(6)7)31-48(40(2)3)32-56(59)43(8)9/h16-23,25-36,40-45,50,67-68H,14-15,24,37-39H2,1-13H3/t50-/m1/s1. The first-order chi connectivity index (χ1) is 33.5. The third-order valence-electron chi connectivity index (χ3n) is 13.6. The SMILES string of the molecule is CCCC[C@H](CN=Cc1cccc(-c2ccccc2OCc2c(C(C)C)cc(C(C)C)cc2C(C)C)c1O)N=Cc1cccc(-c2ccccc2OCc2c(C(C)C)cc(C(C)C)cc2C(C)C)c1O. The van der Waals surface area contributed by atoms with Gasteiger partial charge in [-0.25, -0.2) is 0 Å². The zero-order valence-corrected chi connectivity index (χ0v) is 44.4. The van der Waals surface area contributed by atoms with E-state index in [1.807, 2.05) is 84.9 Å². The first-order valence-corrected chi connectivity index (χ1v) is 25.9. The number of ether oxygens (including phenoxy) is 2. The van der Waals surface area contributed by atoms with Crippen molar-refractivity contribution in [3.8, 4) is 45.3 Å². The molecule has 1 atom stereocenters. The Balaban J connectivity index is 1.21. The monoisotopic (exact) mass is 941 g/mol. The Bertz CT molecular complexity index is 2680. The average Bonchev–Trinajstić information content (AvgIpc) is 3.33. The average molecular weight is 941 g/mol. The second kappa shape index (κ2) is 24.6. The molecular formula is C64H80N2O4. The quantitative estimate of drug-likeness (QED) is 0.0664. The molecule has 6 aromatic carbocycles. The van der Waals surface area contributed by atoms with E-state index in [0.717, 1.165) is 36.1 Å². The molecular weight excluding hydrogens is 861 g/mol. The van der Waals surface area contributed by atoms with Gasteiger partial charge in [0.15, 0.2) is 0 Å². The van der Waals surface area contributed by atoms with Crippen LogP contribution in [0.1, 0.15) is 200 Å². The summed E-state index contributed by atoms with van der Waals surface area (Å²) in [5, 5.41) is 23.6. The van der Waals surface area contributed by atoms with E-state index in [0.29, 0.717) is 83.3 Å². The number of aromatic hydroxyl groups is 2. The molecule has 0 radical (unpaired) electrons. The highest BCUT2D eigenvalue weighted by molar-refractivity contribution is 5.91. The van der Waals surface area contributed by atoms with E-state index in [9.17, 15) is 10.2 Å². The lowest BCUT2D eigenvalue weighted by molar-refractivity contribution is 0.303. The maximum absolute atomic E-state index is 11.8. The van der Waals surface area contributed by atoms with Crippen molar-refractivity contribution >= 4 is 12.4 Å². The van der Waals surface area contributed by atoms with Gasteiger partial charge in [-0.1, -0.05) is 188 Å².